The number of carboxylic acids is 1. The summed E-state index contributed by atoms with van der Waals surface area (Å²) in [6.45, 7) is 1.73. The monoisotopic (exact) mass is 468 g/mol. The molecule has 3 aromatic rings. The second-order valence-corrected chi connectivity index (χ2v) is 8.38. The van der Waals surface area contributed by atoms with Crippen LogP contribution >= 0.6 is 27.7 Å². The van der Waals surface area contributed by atoms with E-state index in [0.29, 0.717) is 5.75 Å². The molecule has 3 aromatic carbocycles. The van der Waals surface area contributed by atoms with Gasteiger partial charge in [-0.05, 0) is 57.8 Å². The lowest BCUT2D eigenvalue weighted by atomic mass is 9.97. The van der Waals surface area contributed by atoms with E-state index in [0.717, 1.165) is 15.1 Å². The molecule has 0 unspecified atom stereocenters. The smallest absolute Gasteiger partial charge is 0.341 e. The standard InChI is InChI=1S/C24H21BrO3S/c1-17-7-9-19(10-8-17)21(18-5-3-2-4-6-18)13-14-29-20-11-12-23(22(25)15-20)28-16-24(26)27/h2-13,15H,14,16H2,1H3,(H,26,27). The van der Waals surface area contributed by atoms with E-state index in [-0.39, 0.29) is 6.61 Å². The lowest BCUT2D eigenvalue weighted by molar-refractivity contribution is -0.139. The third-order valence-corrected chi connectivity index (χ3v) is 5.78. The van der Waals surface area contributed by atoms with Crippen molar-refractivity contribution >= 4 is 39.2 Å². The molecule has 0 radical (unpaired) electrons. The number of aryl methyl sites for hydroxylation is 1. The highest BCUT2D eigenvalue weighted by atomic mass is 79.9. The molecule has 29 heavy (non-hydrogen) atoms. The van der Waals surface area contributed by atoms with E-state index in [1.807, 2.05) is 18.2 Å². The van der Waals surface area contributed by atoms with Gasteiger partial charge in [-0.2, -0.15) is 0 Å². The van der Waals surface area contributed by atoms with Crippen molar-refractivity contribution in [2.75, 3.05) is 12.4 Å². The molecule has 1 N–H and O–H groups in total. The van der Waals surface area contributed by atoms with E-state index in [1.165, 1.54) is 22.3 Å². The highest BCUT2D eigenvalue weighted by Crippen LogP contribution is 2.31. The number of hydrogen-bond donors (Lipinski definition) is 1. The maximum absolute atomic E-state index is 10.7. The third-order valence-electron chi connectivity index (χ3n) is 4.24. The zero-order valence-corrected chi connectivity index (χ0v) is 18.4. The lowest BCUT2D eigenvalue weighted by Gasteiger charge is -2.10. The molecule has 0 atom stereocenters. The van der Waals surface area contributed by atoms with E-state index < -0.39 is 5.97 Å². The number of rotatable bonds is 8. The minimum atomic E-state index is -0.995. The van der Waals surface area contributed by atoms with Crippen LogP contribution in [-0.2, 0) is 4.79 Å². The summed E-state index contributed by atoms with van der Waals surface area (Å²) < 4.78 is 6.00. The molecule has 0 heterocycles. The van der Waals surface area contributed by atoms with Crippen LogP contribution in [-0.4, -0.2) is 23.4 Å². The van der Waals surface area contributed by atoms with Gasteiger partial charge in [0.1, 0.15) is 5.75 Å². The molecule has 0 aliphatic heterocycles. The van der Waals surface area contributed by atoms with Crippen molar-refractivity contribution in [2.24, 2.45) is 0 Å². The van der Waals surface area contributed by atoms with E-state index in [1.54, 1.807) is 17.8 Å². The molecule has 0 aliphatic rings. The van der Waals surface area contributed by atoms with Crippen LogP contribution < -0.4 is 4.74 Å². The largest absolute Gasteiger partial charge is 0.481 e. The van der Waals surface area contributed by atoms with Crippen LogP contribution in [0.2, 0.25) is 0 Å². The van der Waals surface area contributed by atoms with Crippen LogP contribution in [0.15, 0.2) is 88.2 Å². The van der Waals surface area contributed by atoms with E-state index in [9.17, 15) is 4.79 Å². The van der Waals surface area contributed by atoms with Gasteiger partial charge in [0.2, 0.25) is 0 Å². The average molecular weight is 469 g/mol. The molecule has 0 fully saturated rings. The Hall–Kier alpha value is -2.50. The first-order chi connectivity index (χ1) is 14.0. The summed E-state index contributed by atoms with van der Waals surface area (Å²) in [4.78, 5) is 11.7. The Labute approximate surface area is 183 Å². The summed E-state index contributed by atoms with van der Waals surface area (Å²) in [5.41, 5.74) is 4.83. The summed E-state index contributed by atoms with van der Waals surface area (Å²) in [5.74, 6) is 0.335. The fourth-order valence-electron chi connectivity index (χ4n) is 2.80. The van der Waals surface area contributed by atoms with E-state index in [2.05, 4.69) is 77.5 Å². The molecular weight excluding hydrogens is 448 g/mol. The zero-order chi connectivity index (χ0) is 20.6. The maximum Gasteiger partial charge on any atom is 0.341 e. The normalized spacial score (nSPS) is 11.3. The van der Waals surface area contributed by atoms with Crippen LogP contribution in [0.4, 0.5) is 0 Å². The number of halogens is 1. The Morgan fingerprint density at radius 3 is 2.38 bits per heavy atom. The second kappa shape index (κ2) is 10.3. The predicted molar refractivity (Wildman–Crippen MR) is 123 cm³/mol. The third kappa shape index (κ3) is 6.24. The summed E-state index contributed by atoms with van der Waals surface area (Å²) in [7, 11) is 0. The van der Waals surface area contributed by atoms with Gasteiger partial charge in [-0.1, -0.05) is 66.2 Å². The number of benzene rings is 3. The zero-order valence-electron chi connectivity index (χ0n) is 16.0. The van der Waals surface area contributed by atoms with Crippen molar-refractivity contribution in [1.29, 1.82) is 0 Å². The molecule has 0 saturated heterocycles. The highest BCUT2D eigenvalue weighted by molar-refractivity contribution is 9.10. The average Bonchev–Trinajstić information content (AvgIpc) is 2.72. The SMILES string of the molecule is Cc1ccc(C(=CCSc2ccc(OCC(=O)O)c(Br)c2)c2ccccc2)cc1. The van der Waals surface area contributed by atoms with Gasteiger partial charge in [0.05, 0.1) is 4.47 Å². The summed E-state index contributed by atoms with van der Waals surface area (Å²) in [6.07, 6.45) is 2.24. The highest BCUT2D eigenvalue weighted by Gasteiger charge is 2.07. The van der Waals surface area contributed by atoms with Crippen molar-refractivity contribution < 1.29 is 14.6 Å². The van der Waals surface area contributed by atoms with Crippen LogP contribution in [0.1, 0.15) is 16.7 Å². The lowest BCUT2D eigenvalue weighted by Crippen LogP contribution is -2.09. The molecule has 3 rings (SSSR count). The Bertz CT molecular complexity index is 998. The molecule has 0 aliphatic carbocycles. The van der Waals surface area contributed by atoms with Crippen LogP contribution in [0.3, 0.4) is 0 Å². The fraction of sp³-hybridized carbons (Fsp3) is 0.125. The number of carbonyl (C=O) groups is 1. The molecule has 3 nitrogen and oxygen atoms in total. The molecule has 5 heteroatoms. The van der Waals surface area contributed by atoms with Gasteiger partial charge in [0.25, 0.3) is 0 Å². The van der Waals surface area contributed by atoms with Gasteiger partial charge in [-0.25, -0.2) is 4.79 Å². The van der Waals surface area contributed by atoms with Crippen LogP contribution in [0.5, 0.6) is 5.75 Å². The van der Waals surface area contributed by atoms with Gasteiger partial charge in [-0.15, -0.1) is 11.8 Å². The molecule has 0 bridgehead atoms. The summed E-state index contributed by atoms with van der Waals surface area (Å²) >= 11 is 5.16. The van der Waals surface area contributed by atoms with Gasteiger partial charge in [0, 0.05) is 10.6 Å². The first-order valence-corrected chi connectivity index (χ1v) is 10.9. The van der Waals surface area contributed by atoms with Crippen molar-refractivity contribution in [1.82, 2.24) is 0 Å². The minimum absolute atomic E-state index is 0.356. The Balaban J connectivity index is 1.75. The molecule has 148 valence electrons. The molecule has 0 spiro atoms. The number of aliphatic carboxylic acids is 1. The van der Waals surface area contributed by atoms with Crippen LogP contribution in [0, 0.1) is 6.92 Å². The molecule has 0 aromatic heterocycles. The minimum Gasteiger partial charge on any atom is -0.481 e. The van der Waals surface area contributed by atoms with Crippen molar-refractivity contribution in [3.05, 3.63) is 100 Å². The van der Waals surface area contributed by atoms with Gasteiger partial charge in [-0.3, -0.25) is 0 Å². The number of thioether (sulfide) groups is 1. The van der Waals surface area contributed by atoms with Gasteiger partial charge >= 0.3 is 5.97 Å². The number of hydrogen-bond acceptors (Lipinski definition) is 3. The fourth-order valence-corrected chi connectivity index (χ4v) is 4.25. The van der Waals surface area contributed by atoms with E-state index in [4.69, 9.17) is 9.84 Å². The maximum atomic E-state index is 10.7. The first kappa shape index (κ1) is 21.2. The number of carboxylic acid groups (broad SMARTS) is 1. The Morgan fingerprint density at radius 1 is 1.03 bits per heavy atom. The predicted octanol–water partition coefficient (Wildman–Crippen LogP) is 6.44. The Kier molecular flexibility index (Phi) is 7.55. The molecule has 0 saturated carbocycles. The summed E-state index contributed by atoms with van der Waals surface area (Å²) in [5, 5.41) is 8.74. The van der Waals surface area contributed by atoms with Crippen LogP contribution in [0.25, 0.3) is 5.57 Å². The molecule has 0 amide bonds. The Morgan fingerprint density at radius 2 is 1.72 bits per heavy atom. The summed E-state index contributed by atoms with van der Waals surface area (Å²) in [6, 6.07) is 24.6. The number of ether oxygens (including phenoxy) is 1. The molecular formula is C24H21BrO3S. The van der Waals surface area contributed by atoms with Crippen molar-refractivity contribution in [3.8, 4) is 5.75 Å². The first-order valence-electron chi connectivity index (χ1n) is 9.12. The van der Waals surface area contributed by atoms with Crippen molar-refractivity contribution in [2.45, 2.75) is 11.8 Å². The topological polar surface area (TPSA) is 46.5 Å². The quantitative estimate of drug-likeness (QED) is 0.386. The van der Waals surface area contributed by atoms with Crippen molar-refractivity contribution in [3.63, 3.8) is 0 Å². The van der Waals surface area contributed by atoms with E-state index >= 15 is 0 Å². The van der Waals surface area contributed by atoms with Gasteiger partial charge < -0.3 is 9.84 Å². The van der Waals surface area contributed by atoms with Gasteiger partial charge in [0.15, 0.2) is 6.61 Å². The second-order valence-electron chi connectivity index (χ2n) is 6.44.